The van der Waals surface area contributed by atoms with Crippen LogP contribution in [-0.2, 0) is 27.2 Å². The fourth-order valence-corrected chi connectivity index (χ4v) is 3.03. The molecule has 0 saturated carbocycles. The summed E-state index contributed by atoms with van der Waals surface area (Å²) in [7, 11) is 0. The number of aryl methyl sites for hydroxylation is 1. The molecule has 3 rings (SSSR count). The first-order valence-corrected chi connectivity index (χ1v) is 8.89. The first-order chi connectivity index (χ1) is 12.5. The highest BCUT2D eigenvalue weighted by Gasteiger charge is 2.28. The van der Waals surface area contributed by atoms with E-state index >= 15 is 0 Å². The fraction of sp³-hybridized carbons (Fsp3) is 0.300. The van der Waals surface area contributed by atoms with E-state index in [0.29, 0.717) is 17.1 Å². The standard InChI is InChI=1S/C20H20ClNO4/c1-2-13-4-3-5-17(8-13)22-19(23)12-26-20(24)15-9-14-10-16(21)6-7-18(14)25-11-15/h3-8,10,15H,2,9,11-12H2,1H3,(H,22,23). The van der Waals surface area contributed by atoms with Gasteiger partial charge >= 0.3 is 5.97 Å². The quantitative estimate of drug-likeness (QED) is 0.813. The first-order valence-electron chi connectivity index (χ1n) is 8.52. The Bertz CT molecular complexity index is 821. The zero-order valence-electron chi connectivity index (χ0n) is 14.5. The molecule has 1 heterocycles. The third-order valence-corrected chi connectivity index (χ3v) is 4.46. The minimum atomic E-state index is -0.451. The molecule has 1 aliphatic heterocycles. The van der Waals surface area contributed by atoms with E-state index in [4.69, 9.17) is 21.1 Å². The lowest BCUT2D eigenvalue weighted by Gasteiger charge is -2.24. The molecule has 2 aromatic rings. The van der Waals surface area contributed by atoms with Gasteiger partial charge in [0.25, 0.3) is 5.91 Å². The van der Waals surface area contributed by atoms with Gasteiger partial charge < -0.3 is 14.8 Å². The van der Waals surface area contributed by atoms with E-state index in [2.05, 4.69) is 5.32 Å². The molecule has 5 nitrogen and oxygen atoms in total. The predicted molar refractivity (Wildman–Crippen MR) is 99.5 cm³/mol. The maximum Gasteiger partial charge on any atom is 0.313 e. The van der Waals surface area contributed by atoms with Crippen molar-refractivity contribution >= 4 is 29.2 Å². The van der Waals surface area contributed by atoms with Gasteiger partial charge in [0, 0.05) is 10.7 Å². The van der Waals surface area contributed by atoms with Gasteiger partial charge in [-0.05, 0) is 54.3 Å². The maximum absolute atomic E-state index is 12.2. The molecule has 0 radical (unpaired) electrons. The van der Waals surface area contributed by atoms with Crippen molar-refractivity contribution in [3.63, 3.8) is 0 Å². The smallest absolute Gasteiger partial charge is 0.313 e. The monoisotopic (exact) mass is 373 g/mol. The molecule has 0 spiro atoms. The van der Waals surface area contributed by atoms with Crippen molar-refractivity contribution in [3.8, 4) is 5.75 Å². The average Bonchev–Trinajstić information content (AvgIpc) is 2.65. The van der Waals surface area contributed by atoms with Gasteiger partial charge in [0.1, 0.15) is 12.4 Å². The Hall–Kier alpha value is -2.53. The number of carbonyl (C=O) groups excluding carboxylic acids is 2. The normalized spacial score (nSPS) is 15.5. The summed E-state index contributed by atoms with van der Waals surface area (Å²) in [5.74, 6) is -0.538. The van der Waals surface area contributed by atoms with Crippen LogP contribution in [0.3, 0.4) is 0 Å². The summed E-state index contributed by atoms with van der Waals surface area (Å²) in [5.41, 5.74) is 2.68. The van der Waals surface area contributed by atoms with Crippen LogP contribution in [0.2, 0.25) is 5.02 Å². The van der Waals surface area contributed by atoms with E-state index in [-0.39, 0.29) is 19.1 Å². The van der Waals surface area contributed by atoms with Crippen molar-refractivity contribution in [2.45, 2.75) is 19.8 Å². The van der Waals surface area contributed by atoms with Gasteiger partial charge in [0.05, 0.1) is 5.92 Å². The van der Waals surface area contributed by atoms with Crippen LogP contribution in [0.4, 0.5) is 5.69 Å². The largest absolute Gasteiger partial charge is 0.492 e. The van der Waals surface area contributed by atoms with Gasteiger partial charge in [0.15, 0.2) is 6.61 Å². The summed E-state index contributed by atoms with van der Waals surface area (Å²) in [6, 6.07) is 12.9. The number of benzene rings is 2. The lowest BCUT2D eigenvalue weighted by Crippen LogP contribution is -2.32. The SMILES string of the molecule is CCc1cccc(NC(=O)COC(=O)C2COc3ccc(Cl)cc3C2)c1. The number of esters is 1. The second-order valence-corrected chi connectivity index (χ2v) is 6.61. The van der Waals surface area contributed by atoms with E-state index < -0.39 is 11.9 Å². The Labute approximate surface area is 157 Å². The minimum Gasteiger partial charge on any atom is -0.492 e. The topological polar surface area (TPSA) is 64.6 Å². The van der Waals surface area contributed by atoms with Crippen LogP contribution >= 0.6 is 11.6 Å². The molecule has 1 N–H and O–H groups in total. The third kappa shape index (κ3) is 4.55. The van der Waals surface area contributed by atoms with Crippen molar-refractivity contribution in [2.75, 3.05) is 18.5 Å². The Kier molecular flexibility index (Phi) is 5.78. The molecule has 0 aliphatic carbocycles. The van der Waals surface area contributed by atoms with E-state index in [0.717, 1.165) is 23.3 Å². The Balaban J connectivity index is 1.51. The number of halogens is 1. The van der Waals surface area contributed by atoms with Crippen LogP contribution in [0.5, 0.6) is 5.75 Å². The summed E-state index contributed by atoms with van der Waals surface area (Å²) in [6.07, 6.45) is 1.36. The average molecular weight is 374 g/mol. The maximum atomic E-state index is 12.2. The third-order valence-electron chi connectivity index (χ3n) is 4.23. The summed E-state index contributed by atoms with van der Waals surface area (Å²) < 4.78 is 10.7. The zero-order valence-corrected chi connectivity index (χ0v) is 15.2. The van der Waals surface area contributed by atoms with Crippen LogP contribution in [0.1, 0.15) is 18.1 Å². The minimum absolute atomic E-state index is 0.230. The lowest BCUT2D eigenvalue weighted by molar-refractivity contribution is -0.152. The molecule has 1 unspecified atom stereocenters. The second kappa shape index (κ2) is 8.23. The Morgan fingerprint density at radius 1 is 1.27 bits per heavy atom. The number of anilines is 1. The van der Waals surface area contributed by atoms with Gasteiger partial charge in [-0.15, -0.1) is 0 Å². The molecular weight excluding hydrogens is 354 g/mol. The Morgan fingerprint density at radius 2 is 2.12 bits per heavy atom. The zero-order chi connectivity index (χ0) is 18.5. The van der Waals surface area contributed by atoms with Crippen LogP contribution in [-0.4, -0.2) is 25.1 Å². The van der Waals surface area contributed by atoms with E-state index in [1.165, 1.54) is 0 Å². The molecule has 1 amide bonds. The van der Waals surface area contributed by atoms with Crippen LogP contribution in [0.15, 0.2) is 42.5 Å². The summed E-state index contributed by atoms with van der Waals surface area (Å²) in [5, 5.41) is 3.33. The number of hydrogen-bond acceptors (Lipinski definition) is 4. The van der Waals surface area contributed by atoms with Gasteiger partial charge in [-0.1, -0.05) is 30.7 Å². The predicted octanol–water partition coefficient (Wildman–Crippen LogP) is 3.64. The Morgan fingerprint density at radius 3 is 2.92 bits per heavy atom. The molecule has 2 aromatic carbocycles. The molecule has 0 saturated heterocycles. The van der Waals surface area contributed by atoms with Gasteiger partial charge in [0.2, 0.25) is 0 Å². The molecule has 136 valence electrons. The molecule has 26 heavy (non-hydrogen) atoms. The van der Waals surface area contributed by atoms with Crippen molar-refractivity contribution in [1.82, 2.24) is 0 Å². The molecule has 6 heteroatoms. The molecule has 0 fully saturated rings. The summed E-state index contributed by atoms with van der Waals surface area (Å²) in [6.45, 7) is 1.95. The fourth-order valence-electron chi connectivity index (χ4n) is 2.84. The van der Waals surface area contributed by atoms with Crippen molar-refractivity contribution in [3.05, 3.63) is 58.6 Å². The lowest BCUT2D eigenvalue weighted by atomic mass is 9.97. The van der Waals surface area contributed by atoms with Crippen LogP contribution in [0, 0.1) is 5.92 Å². The van der Waals surface area contributed by atoms with E-state index in [1.54, 1.807) is 24.3 Å². The molecule has 0 bridgehead atoms. The van der Waals surface area contributed by atoms with Crippen LogP contribution in [0.25, 0.3) is 0 Å². The highest BCUT2D eigenvalue weighted by atomic mass is 35.5. The van der Waals surface area contributed by atoms with Crippen molar-refractivity contribution in [1.29, 1.82) is 0 Å². The number of rotatable bonds is 5. The number of hydrogen-bond donors (Lipinski definition) is 1. The van der Waals surface area contributed by atoms with Gasteiger partial charge in [-0.2, -0.15) is 0 Å². The highest BCUT2D eigenvalue weighted by Crippen LogP contribution is 2.30. The molecular formula is C20H20ClNO4. The van der Waals surface area contributed by atoms with Crippen molar-refractivity contribution in [2.24, 2.45) is 5.92 Å². The second-order valence-electron chi connectivity index (χ2n) is 6.17. The van der Waals surface area contributed by atoms with Gasteiger partial charge in [-0.3, -0.25) is 9.59 Å². The number of carbonyl (C=O) groups is 2. The molecule has 1 atom stereocenters. The summed E-state index contributed by atoms with van der Waals surface area (Å²) >= 11 is 5.98. The number of amides is 1. The first kappa shape index (κ1) is 18.3. The van der Waals surface area contributed by atoms with Crippen LogP contribution < -0.4 is 10.1 Å². The highest BCUT2D eigenvalue weighted by molar-refractivity contribution is 6.30. The molecule has 1 aliphatic rings. The molecule has 0 aromatic heterocycles. The summed E-state index contributed by atoms with van der Waals surface area (Å²) in [4.78, 5) is 24.2. The number of ether oxygens (including phenoxy) is 2. The number of fused-ring (bicyclic) bond motifs is 1. The number of nitrogens with one attached hydrogen (secondary N) is 1. The van der Waals surface area contributed by atoms with E-state index in [9.17, 15) is 9.59 Å². The van der Waals surface area contributed by atoms with E-state index in [1.807, 2.05) is 25.1 Å². The van der Waals surface area contributed by atoms with Crippen molar-refractivity contribution < 1.29 is 19.1 Å². The van der Waals surface area contributed by atoms with Gasteiger partial charge in [-0.25, -0.2) is 0 Å².